The van der Waals surface area contributed by atoms with Crippen molar-refractivity contribution in [2.45, 2.75) is 74.6 Å². The van der Waals surface area contributed by atoms with Crippen LogP contribution in [0.15, 0.2) is 79.9 Å². The minimum absolute atomic E-state index is 0.197. The molecule has 0 saturated carbocycles. The van der Waals surface area contributed by atoms with Crippen molar-refractivity contribution in [3.63, 3.8) is 0 Å². The number of aliphatic hydroxyl groups is 1. The number of amides is 2. The molecule has 2 bridgehead atoms. The van der Waals surface area contributed by atoms with Crippen LogP contribution in [0.1, 0.15) is 45.1 Å². The first kappa shape index (κ1) is 35.8. The maximum atomic E-state index is 15.0. The van der Waals surface area contributed by atoms with E-state index in [1.807, 2.05) is 60.7 Å². The highest BCUT2D eigenvalue weighted by molar-refractivity contribution is 9.09. The third-order valence-electron chi connectivity index (χ3n) is 10.1. The average molecular weight is 723 g/mol. The quantitative estimate of drug-likeness (QED) is 0.102. The van der Waals surface area contributed by atoms with Crippen LogP contribution < -0.4 is 9.80 Å². The van der Waals surface area contributed by atoms with Crippen LogP contribution in [0, 0.1) is 11.8 Å². The number of hydrogen-bond acceptors (Lipinski definition) is 7. The van der Waals surface area contributed by atoms with E-state index >= 15 is 4.79 Å². The SMILES string of the molecule is C=CCCCCOC(=O)[C@H]1[C@H]2C(=O)N([C@@H](CO)Cc3ccccc3)C(C(=O)N(CC=C)c3ccc(N(CC)CC)cc3)C23CC(Br)[C@@H]1O3. The Bertz CT molecular complexity index is 1450. The molecule has 48 heavy (non-hydrogen) atoms. The molecule has 5 rings (SSSR count). The van der Waals surface area contributed by atoms with Gasteiger partial charge >= 0.3 is 5.97 Å². The van der Waals surface area contributed by atoms with Crippen molar-refractivity contribution in [3.05, 3.63) is 85.5 Å². The van der Waals surface area contributed by atoms with E-state index in [1.165, 1.54) is 4.90 Å². The van der Waals surface area contributed by atoms with Gasteiger partial charge in [-0.1, -0.05) is 58.4 Å². The van der Waals surface area contributed by atoms with E-state index < -0.39 is 41.6 Å². The van der Waals surface area contributed by atoms with Crippen molar-refractivity contribution < 1.29 is 29.0 Å². The number of hydrogen-bond donors (Lipinski definition) is 1. The summed E-state index contributed by atoms with van der Waals surface area (Å²) >= 11 is 3.74. The van der Waals surface area contributed by atoms with Crippen LogP contribution in [0.3, 0.4) is 0 Å². The summed E-state index contributed by atoms with van der Waals surface area (Å²) in [7, 11) is 0. The largest absolute Gasteiger partial charge is 0.465 e. The van der Waals surface area contributed by atoms with Gasteiger partial charge in [0.15, 0.2) is 0 Å². The van der Waals surface area contributed by atoms with Gasteiger partial charge < -0.3 is 29.3 Å². The summed E-state index contributed by atoms with van der Waals surface area (Å²) in [5, 5.41) is 10.8. The number of allylic oxidation sites excluding steroid dienone is 1. The summed E-state index contributed by atoms with van der Waals surface area (Å²) in [6, 6.07) is 15.6. The molecule has 2 amide bonds. The predicted molar refractivity (Wildman–Crippen MR) is 191 cm³/mol. The fourth-order valence-corrected chi connectivity index (χ4v) is 8.78. The molecule has 0 aromatic heterocycles. The summed E-state index contributed by atoms with van der Waals surface area (Å²) in [6.45, 7) is 13.6. The number of likely N-dealkylation sites (tertiary alicyclic amines) is 1. The molecule has 3 aliphatic heterocycles. The van der Waals surface area contributed by atoms with Crippen molar-refractivity contribution in [1.29, 1.82) is 0 Å². The zero-order valence-corrected chi connectivity index (χ0v) is 29.6. The van der Waals surface area contributed by atoms with Gasteiger partial charge in [-0.3, -0.25) is 14.4 Å². The number of alkyl halides is 1. The number of benzene rings is 2. The van der Waals surface area contributed by atoms with E-state index in [0.717, 1.165) is 37.2 Å². The molecule has 0 radical (unpaired) electrons. The fraction of sp³-hybridized carbons (Fsp3) is 0.500. The number of esters is 1. The van der Waals surface area contributed by atoms with Gasteiger partial charge in [0.05, 0.1) is 37.2 Å². The summed E-state index contributed by atoms with van der Waals surface area (Å²) in [5.41, 5.74) is 1.33. The lowest BCUT2D eigenvalue weighted by Crippen LogP contribution is -2.59. The Morgan fingerprint density at radius 3 is 2.40 bits per heavy atom. The number of halogens is 1. The molecule has 3 heterocycles. The number of nitrogens with zero attached hydrogens (tertiary/aromatic N) is 3. The van der Waals surface area contributed by atoms with Crippen LogP contribution in [-0.4, -0.2) is 89.3 Å². The van der Waals surface area contributed by atoms with Gasteiger partial charge in [-0.25, -0.2) is 0 Å². The second kappa shape index (κ2) is 15.8. The highest BCUT2D eigenvalue weighted by Gasteiger charge is 2.77. The summed E-state index contributed by atoms with van der Waals surface area (Å²) in [6.07, 6.45) is 5.89. The molecule has 9 nitrogen and oxygen atoms in total. The molecule has 7 atom stereocenters. The molecule has 3 saturated heterocycles. The highest BCUT2D eigenvalue weighted by Crippen LogP contribution is 2.61. The first-order valence-electron chi connectivity index (χ1n) is 17.1. The highest BCUT2D eigenvalue weighted by atomic mass is 79.9. The second-order valence-electron chi connectivity index (χ2n) is 12.8. The Kier molecular flexibility index (Phi) is 11.8. The van der Waals surface area contributed by atoms with Gasteiger partial charge in [0, 0.05) is 35.8 Å². The van der Waals surface area contributed by atoms with Gasteiger partial charge in [-0.15, -0.1) is 13.2 Å². The molecule has 10 heteroatoms. The summed E-state index contributed by atoms with van der Waals surface area (Å²) < 4.78 is 12.5. The van der Waals surface area contributed by atoms with E-state index in [0.29, 0.717) is 24.9 Å². The Balaban J connectivity index is 1.54. The lowest BCUT2D eigenvalue weighted by molar-refractivity contribution is -0.155. The standard InChI is InChI=1S/C38H48BrN3O6/c1-5-9-10-14-22-47-37(46)31-32-35(44)42(29(25-43)23-26-15-12-11-13-16-26)34(38(32)24-30(39)33(31)48-38)36(45)41(21-6-2)28-19-17-27(18-20-28)40(7-3)8-4/h5-6,11-13,15-20,29-34,43H,1-2,7-10,14,21-25H2,3-4H3/t29-,30?,31+,32+,33+,34?,38?/m1/s1. The summed E-state index contributed by atoms with van der Waals surface area (Å²) in [4.78, 5) is 48.6. The fourth-order valence-electron chi connectivity index (χ4n) is 7.84. The van der Waals surface area contributed by atoms with Gasteiger partial charge in [0.1, 0.15) is 11.6 Å². The molecular formula is C38H48BrN3O6. The van der Waals surface area contributed by atoms with Crippen LogP contribution >= 0.6 is 15.9 Å². The zero-order chi connectivity index (χ0) is 34.4. The van der Waals surface area contributed by atoms with Crippen molar-refractivity contribution in [2.24, 2.45) is 11.8 Å². The number of anilines is 2. The molecule has 3 aliphatic rings. The molecular weight excluding hydrogens is 674 g/mol. The maximum Gasteiger partial charge on any atom is 0.312 e. The number of rotatable bonds is 17. The lowest BCUT2D eigenvalue weighted by atomic mass is 9.70. The maximum absolute atomic E-state index is 15.0. The van der Waals surface area contributed by atoms with Crippen molar-refractivity contribution >= 4 is 45.1 Å². The lowest BCUT2D eigenvalue weighted by Gasteiger charge is -2.39. The van der Waals surface area contributed by atoms with E-state index in [9.17, 15) is 14.7 Å². The van der Waals surface area contributed by atoms with Gasteiger partial charge in [-0.05, 0) is 75.8 Å². The Morgan fingerprint density at radius 2 is 1.77 bits per heavy atom. The van der Waals surface area contributed by atoms with E-state index in [4.69, 9.17) is 9.47 Å². The Morgan fingerprint density at radius 1 is 1.08 bits per heavy atom. The molecule has 1 N–H and O–H groups in total. The third kappa shape index (κ3) is 6.71. The molecule has 0 aliphatic carbocycles. The van der Waals surface area contributed by atoms with Crippen molar-refractivity contribution in [1.82, 2.24) is 4.90 Å². The number of carbonyl (C=O) groups is 3. The number of aliphatic hydroxyl groups excluding tert-OH is 1. The van der Waals surface area contributed by atoms with E-state index in [1.54, 1.807) is 11.0 Å². The average Bonchev–Trinajstić information content (AvgIpc) is 3.70. The van der Waals surface area contributed by atoms with Gasteiger partial charge in [0.2, 0.25) is 5.91 Å². The minimum atomic E-state index is -1.29. The van der Waals surface area contributed by atoms with Crippen LogP contribution in [-0.2, 0) is 30.3 Å². The molecule has 3 fully saturated rings. The third-order valence-corrected chi connectivity index (χ3v) is 10.9. The second-order valence-corrected chi connectivity index (χ2v) is 14.0. The molecule has 3 unspecified atom stereocenters. The molecule has 2 aromatic carbocycles. The van der Waals surface area contributed by atoms with Crippen LogP contribution in [0.5, 0.6) is 0 Å². The zero-order valence-electron chi connectivity index (χ0n) is 28.0. The molecule has 1 spiro atoms. The topological polar surface area (TPSA) is 99.6 Å². The number of carbonyl (C=O) groups excluding carboxylic acids is 3. The van der Waals surface area contributed by atoms with Crippen LogP contribution in [0.4, 0.5) is 11.4 Å². The smallest absolute Gasteiger partial charge is 0.312 e. The number of unbranched alkanes of at least 4 members (excludes halogenated alkanes) is 2. The molecule has 2 aromatic rings. The van der Waals surface area contributed by atoms with Crippen LogP contribution in [0.2, 0.25) is 0 Å². The number of fused-ring (bicyclic) bond motifs is 1. The predicted octanol–water partition coefficient (Wildman–Crippen LogP) is 5.30. The van der Waals surface area contributed by atoms with Crippen LogP contribution in [0.25, 0.3) is 0 Å². The Labute approximate surface area is 292 Å². The Hall–Kier alpha value is -3.47. The monoisotopic (exact) mass is 721 g/mol. The van der Waals surface area contributed by atoms with Gasteiger partial charge in [-0.2, -0.15) is 0 Å². The van der Waals surface area contributed by atoms with Crippen molar-refractivity contribution in [3.8, 4) is 0 Å². The molecule has 258 valence electrons. The van der Waals surface area contributed by atoms with Gasteiger partial charge in [0.25, 0.3) is 5.91 Å². The minimum Gasteiger partial charge on any atom is -0.465 e. The first-order valence-corrected chi connectivity index (χ1v) is 18.0. The van der Waals surface area contributed by atoms with Crippen molar-refractivity contribution in [2.75, 3.05) is 42.6 Å². The number of ether oxygens (including phenoxy) is 2. The normalized spacial score (nSPS) is 26.2. The van der Waals surface area contributed by atoms with E-state index in [2.05, 4.69) is 47.8 Å². The van der Waals surface area contributed by atoms with E-state index in [-0.39, 0.29) is 36.4 Å². The first-order chi connectivity index (χ1) is 23.3. The summed E-state index contributed by atoms with van der Waals surface area (Å²) in [5.74, 6) is -3.01.